The van der Waals surface area contributed by atoms with E-state index >= 15 is 0 Å². The first-order valence-corrected chi connectivity index (χ1v) is 5.72. The molecule has 78 valence electrons. The van der Waals surface area contributed by atoms with E-state index in [9.17, 15) is 0 Å². The molecular formula is C11H24N2. The van der Waals surface area contributed by atoms with Gasteiger partial charge in [0.15, 0.2) is 0 Å². The Morgan fingerprint density at radius 3 is 2.85 bits per heavy atom. The maximum atomic E-state index is 3.43. The summed E-state index contributed by atoms with van der Waals surface area (Å²) in [4.78, 5) is 2.60. The van der Waals surface area contributed by atoms with Crippen molar-refractivity contribution in [2.45, 2.75) is 33.1 Å². The van der Waals surface area contributed by atoms with E-state index in [0.29, 0.717) is 0 Å². The van der Waals surface area contributed by atoms with Crippen LogP contribution in [-0.4, -0.2) is 37.6 Å². The van der Waals surface area contributed by atoms with Crippen LogP contribution < -0.4 is 5.32 Å². The third-order valence-electron chi connectivity index (χ3n) is 2.69. The highest BCUT2D eigenvalue weighted by atomic mass is 15.1. The van der Waals surface area contributed by atoms with E-state index in [1.807, 2.05) is 0 Å². The van der Waals surface area contributed by atoms with Crippen LogP contribution >= 0.6 is 0 Å². The standard InChI is InChI=1S/C11H24N2/c1-11(2)5-3-8-13-9-4-6-12-7-10-13/h11-12H,3-10H2,1-2H3. The van der Waals surface area contributed by atoms with Crippen LogP contribution in [0.1, 0.15) is 33.1 Å². The second-order valence-electron chi connectivity index (χ2n) is 4.48. The Bertz CT molecular complexity index is 115. The number of hydrogen-bond acceptors (Lipinski definition) is 2. The van der Waals surface area contributed by atoms with Gasteiger partial charge in [-0.25, -0.2) is 0 Å². The number of hydrogen-bond donors (Lipinski definition) is 1. The van der Waals surface area contributed by atoms with E-state index in [-0.39, 0.29) is 0 Å². The molecule has 1 saturated heterocycles. The van der Waals surface area contributed by atoms with Crippen molar-refractivity contribution in [3.63, 3.8) is 0 Å². The van der Waals surface area contributed by atoms with Crippen LogP contribution in [0.25, 0.3) is 0 Å². The Hall–Kier alpha value is -0.0800. The fourth-order valence-corrected chi connectivity index (χ4v) is 1.85. The lowest BCUT2D eigenvalue weighted by atomic mass is 10.1. The summed E-state index contributed by atoms with van der Waals surface area (Å²) in [5.74, 6) is 0.866. The van der Waals surface area contributed by atoms with Crippen LogP contribution in [0.5, 0.6) is 0 Å². The van der Waals surface area contributed by atoms with Gasteiger partial charge in [0.05, 0.1) is 0 Å². The number of nitrogens with one attached hydrogen (secondary N) is 1. The van der Waals surface area contributed by atoms with E-state index in [4.69, 9.17) is 0 Å². The summed E-state index contributed by atoms with van der Waals surface area (Å²) in [5, 5.41) is 3.43. The van der Waals surface area contributed by atoms with Gasteiger partial charge in [0.25, 0.3) is 0 Å². The Morgan fingerprint density at radius 1 is 1.23 bits per heavy atom. The molecule has 0 aliphatic carbocycles. The normalized spacial score (nSPS) is 20.5. The molecule has 0 aromatic carbocycles. The lowest BCUT2D eigenvalue weighted by Gasteiger charge is -2.19. The summed E-state index contributed by atoms with van der Waals surface area (Å²) in [6, 6.07) is 0. The molecule has 0 amide bonds. The quantitative estimate of drug-likeness (QED) is 0.715. The molecule has 2 heteroatoms. The smallest absolute Gasteiger partial charge is 0.0107 e. The Labute approximate surface area is 82.7 Å². The molecule has 1 N–H and O–H groups in total. The molecule has 13 heavy (non-hydrogen) atoms. The Balaban J connectivity index is 2.05. The minimum atomic E-state index is 0.866. The molecule has 0 spiro atoms. The predicted molar refractivity (Wildman–Crippen MR) is 58.0 cm³/mol. The van der Waals surface area contributed by atoms with Gasteiger partial charge in [0.1, 0.15) is 0 Å². The van der Waals surface area contributed by atoms with Crippen molar-refractivity contribution in [3.05, 3.63) is 0 Å². The minimum Gasteiger partial charge on any atom is -0.315 e. The van der Waals surface area contributed by atoms with Gasteiger partial charge in [-0.2, -0.15) is 0 Å². The van der Waals surface area contributed by atoms with Gasteiger partial charge in [-0.15, -0.1) is 0 Å². The first-order valence-electron chi connectivity index (χ1n) is 5.72. The lowest BCUT2D eigenvalue weighted by Crippen LogP contribution is -2.29. The zero-order chi connectivity index (χ0) is 9.52. The van der Waals surface area contributed by atoms with Crippen molar-refractivity contribution in [1.82, 2.24) is 10.2 Å². The molecule has 0 radical (unpaired) electrons. The molecule has 0 bridgehead atoms. The van der Waals surface area contributed by atoms with Gasteiger partial charge >= 0.3 is 0 Å². The first-order chi connectivity index (χ1) is 6.29. The predicted octanol–water partition coefficient (Wildman–Crippen LogP) is 1.72. The zero-order valence-corrected chi connectivity index (χ0v) is 9.18. The van der Waals surface area contributed by atoms with Crippen molar-refractivity contribution < 1.29 is 0 Å². The molecule has 0 aromatic heterocycles. The van der Waals surface area contributed by atoms with E-state index in [0.717, 1.165) is 5.92 Å². The van der Waals surface area contributed by atoms with Crippen LogP contribution in [0.2, 0.25) is 0 Å². The summed E-state index contributed by atoms with van der Waals surface area (Å²) < 4.78 is 0. The van der Waals surface area contributed by atoms with Gasteiger partial charge in [-0.05, 0) is 44.8 Å². The zero-order valence-electron chi connectivity index (χ0n) is 9.18. The van der Waals surface area contributed by atoms with E-state index < -0.39 is 0 Å². The molecule has 0 atom stereocenters. The maximum absolute atomic E-state index is 3.43. The average molecular weight is 184 g/mol. The van der Waals surface area contributed by atoms with Gasteiger partial charge in [-0.1, -0.05) is 13.8 Å². The molecule has 1 aliphatic rings. The lowest BCUT2D eigenvalue weighted by molar-refractivity contribution is 0.280. The van der Waals surface area contributed by atoms with Crippen molar-refractivity contribution in [3.8, 4) is 0 Å². The molecule has 1 rings (SSSR count). The topological polar surface area (TPSA) is 15.3 Å². The van der Waals surface area contributed by atoms with Crippen molar-refractivity contribution >= 4 is 0 Å². The number of nitrogens with zero attached hydrogens (tertiary/aromatic N) is 1. The van der Waals surface area contributed by atoms with Crippen LogP contribution in [0.3, 0.4) is 0 Å². The van der Waals surface area contributed by atoms with Crippen molar-refractivity contribution in [1.29, 1.82) is 0 Å². The van der Waals surface area contributed by atoms with Gasteiger partial charge in [-0.3, -0.25) is 0 Å². The molecule has 1 fully saturated rings. The van der Waals surface area contributed by atoms with Crippen molar-refractivity contribution in [2.75, 3.05) is 32.7 Å². The first kappa shape index (κ1) is 11.0. The molecule has 1 aliphatic heterocycles. The van der Waals surface area contributed by atoms with Crippen LogP contribution in [-0.2, 0) is 0 Å². The second-order valence-corrected chi connectivity index (χ2v) is 4.48. The largest absolute Gasteiger partial charge is 0.315 e. The molecule has 1 heterocycles. The molecular weight excluding hydrogens is 160 g/mol. The number of rotatable bonds is 4. The minimum absolute atomic E-state index is 0.866. The van der Waals surface area contributed by atoms with E-state index in [1.165, 1.54) is 52.0 Å². The maximum Gasteiger partial charge on any atom is 0.0107 e. The third-order valence-corrected chi connectivity index (χ3v) is 2.69. The van der Waals surface area contributed by atoms with Gasteiger partial charge < -0.3 is 10.2 Å². The molecule has 0 unspecified atom stereocenters. The third kappa shape index (κ3) is 5.27. The fraction of sp³-hybridized carbons (Fsp3) is 1.00. The highest BCUT2D eigenvalue weighted by molar-refractivity contribution is 4.65. The van der Waals surface area contributed by atoms with Crippen LogP contribution in [0, 0.1) is 5.92 Å². The van der Waals surface area contributed by atoms with Crippen molar-refractivity contribution in [2.24, 2.45) is 5.92 Å². The monoisotopic (exact) mass is 184 g/mol. The fourth-order valence-electron chi connectivity index (χ4n) is 1.85. The SMILES string of the molecule is CC(C)CCCN1CCCNCC1. The summed E-state index contributed by atoms with van der Waals surface area (Å²) in [6.07, 6.45) is 4.07. The highest BCUT2D eigenvalue weighted by Gasteiger charge is 2.07. The summed E-state index contributed by atoms with van der Waals surface area (Å²) in [5.41, 5.74) is 0. The Morgan fingerprint density at radius 2 is 2.08 bits per heavy atom. The second kappa shape index (κ2) is 6.39. The molecule has 0 aromatic rings. The van der Waals surface area contributed by atoms with Gasteiger partial charge in [0.2, 0.25) is 0 Å². The van der Waals surface area contributed by atoms with Crippen LogP contribution in [0.15, 0.2) is 0 Å². The van der Waals surface area contributed by atoms with Gasteiger partial charge in [0, 0.05) is 13.1 Å². The highest BCUT2D eigenvalue weighted by Crippen LogP contribution is 2.05. The molecule has 0 saturated carbocycles. The summed E-state index contributed by atoms with van der Waals surface area (Å²) >= 11 is 0. The van der Waals surface area contributed by atoms with Crippen LogP contribution in [0.4, 0.5) is 0 Å². The molecule has 2 nitrogen and oxygen atoms in total. The average Bonchev–Trinajstić information content (AvgIpc) is 2.32. The van der Waals surface area contributed by atoms with E-state index in [2.05, 4.69) is 24.1 Å². The Kier molecular flexibility index (Phi) is 5.40. The summed E-state index contributed by atoms with van der Waals surface area (Å²) in [6.45, 7) is 10.9. The summed E-state index contributed by atoms with van der Waals surface area (Å²) in [7, 11) is 0. The van der Waals surface area contributed by atoms with E-state index in [1.54, 1.807) is 0 Å².